The van der Waals surface area contributed by atoms with Crippen LogP contribution in [-0.4, -0.2) is 12.6 Å². The molecule has 0 aromatic heterocycles. The van der Waals surface area contributed by atoms with Gasteiger partial charge in [-0.25, -0.2) is 0 Å². The van der Waals surface area contributed by atoms with Crippen LogP contribution in [0.25, 0.3) is 0 Å². The van der Waals surface area contributed by atoms with Crippen LogP contribution in [0.3, 0.4) is 0 Å². The van der Waals surface area contributed by atoms with Crippen LogP contribution in [0.1, 0.15) is 38.3 Å². The third-order valence-electron chi connectivity index (χ3n) is 2.76. The van der Waals surface area contributed by atoms with Gasteiger partial charge in [0.1, 0.15) is 0 Å². The van der Waals surface area contributed by atoms with Crippen molar-refractivity contribution in [2.75, 3.05) is 6.54 Å². The van der Waals surface area contributed by atoms with Crippen LogP contribution in [0.5, 0.6) is 0 Å². The van der Waals surface area contributed by atoms with E-state index in [4.69, 9.17) is 0 Å². The highest BCUT2D eigenvalue weighted by molar-refractivity contribution is 5.26. The van der Waals surface area contributed by atoms with Crippen LogP contribution in [0, 0.1) is 6.92 Å². The van der Waals surface area contributed by atoms with Gasteiger partial charge < -0.3 is 5.32 Å². The minimum atomic E-state index is 0.584. The molecule has 0 spiro atoms. The first-order valence-corrected chi connectivity index (χ1v) is 6.52. The van der Waals surface area contributed by atoms with Crippen LogP contribution in [0.2, 0.25) is 0 Å². The smallest absolute Gasteiger partial charge is 0.00105 e. The molecular weight excluding hydrogens is 206 g/mol. The maximum atomic E-state index is 3.43. The van der Waals surface area contributed by atoms with Crippen LogP contribution in [0.4, 0.5) is 0 Å². The normalized spacial score (nSPS) is 12.2. The maximum absolute atomic E-state index is 3.43. The number of rotatable bonds is 6. The summed E-state index contributed by atoms with van der Waals surface area (Å²) in [6, 6.07) is 9.34. The predicted octanol–water partition coefficient (Wildman–Crippen LogP) is 3.87. The molecule has 94 valence electrons. The van der Waals surface area contributed by atoms with E-state index in [0.29, 0.717) is 6.04 Å². The lowest BCUT2D eigenvalue weighted by Crippen LogP contribution is -2.23. The Bertz CT molecular complexity index is 364. The molecule has 1 nitrogen and oxygen atoms in total. The molecule has 1 aromatic rings. The molecule has 0 aliphatic rings. The molecule has 1 aromatic carbocycles. The highest BCUT2D eigenvalue weighted by atomic mass is 14.9. The van der Waals surface area contributed by atoms with Crippen molar-refractivity contribution < 1.29 is 0 Å². The van der Waals surface area contributed by atoms with Crippen molar-refractivity contribution in [3.63, 3.8) is 0 Å². The Morgan fingerprint density at radius 2 is 2.12 bits per heavy atom. The van der Waals surface area contributed by atoms with E-state index in [2.05, 4.69) is 63.4 Å². The van der Waals surface area contributed by atoms with Crippen LogP contribution < -0.4 is 5.32 Å². The first-order valence-electron chi connectivity index (χ1n) is 6.52. The molecule has 17 heavy (non-hydrogen) atoms. The molecule has 0 heterocycles. The van der Waals surface area contributed by atoms with Gasteiger partial charge in [-0.15, -0.1) is 0 Å². The predicted molar refractivity (Wildman–Crippen MR) is 76.4 cm³/mol. The second kappa shape index (κ2) is 7.29. The molecule has 0 amide bonds. The van der Waals surface area contributed by atoms with Crippen molar-refractivity contribution in [3.05, 3.63) is 47.0 Å². The highest BCUT2D eigenvalue weighted by Crippen LogP contribution is 2.10. The zero-order chi connectivity index (χ0) is 12.7. The molecule has 1 heteroatoms. The first-order chi connectivity index (χ1) is 8.08. The van der Waals surface area contributed by atoms with Crippen molar-refractivity contribution >= 4 is 0 Å². The van der Waals surface area contributed by atoms with Gasteiger partial charge in [0.15, 0.2) is 0 Å². The molecule has 1 rings (SSSR count). The average molecular weight is 231 g/mol. The number of hydrogen-bond donors (Lipinski definition) is 1. The zero-order valence-corrected chi connectivity index (χ0v) is 11.6. The largest absolute Gasteiger partial charge is 0.314 e. The molecule has 0 fully saturated rings. The summed E-state index contributed by atoms with van der Waals surface area (Å²) < 4.78 is 0. The number of allylic oxidation sites excluding steroid dienone is 1. The minimum Gasteiger partial charge on any atom is -0.314 e. The van der Waals surface area contributed by atoms with E-state index >= 15 is 0 Å². The van der Waals surface area contributed by atoms with Crippen LogP contribution in [0.15, 0.2) is 35.9 Å². The van der Waals surface area contributed by atoms with Crippen molar-refractivity contribution in [1.29, 1.82) is 0 Å². The van der Waals surface area contributed by atoms with Crippen LogP contribution in [-0.2, 0) is 6.42 Å². The van der Waals surface area contributed by atoms with Gasteiger partial charge in [-0.3, -0.25) is 0 Å². The summed E-state index contributed by atoms with van der Waals surface area (Å²) in [5, 5.41) is 3.43. The Labute approximate surface area is 106 Å². The minimum absolute atomic E-state index is 0.584. The Morgan fingerprint density at radius 3 is 2.76 bits per heavy atom. The summed E-state index contributed by atoms with van der Waals surface area (Å²) in [6.45, 7) is 9.81. The van der Waals surface area contributed by atoms with E-state index in [1.54, 1.807) is 0 Å². The van der Waals surface area contributed by atoms with E-state index in [0.717, 1.165) is 19.4 Å². The quantitative estimate of drug-likeness (QED) is 0.579. The number of nitrogens with one attached hydrogen (secondary N) is 1. The third kappa shape index (κ3) is 6.28. The van der Waals surface area contributed by atoms with Gasteiger partial charge in [-0.1, -0.05) is 55.3 Å². The van der Waals surface area contributed by atoms with Gasteiger partial charge in [0, 0.05) is 6.04 Å². The van der Waals surface area contributed by atoms with E-state index < -0.39 is 0 Å². The van der Waals surface area contributed by atoms with E-state index in [-0.39, 0.29) is 0 Å². The lowest BCUT2D eigenvalue weighted by Gasteiger charge is -2.07. The molecule has 0 unspecified atom stereocenters. The van der Waals surface area contributed by atoms with Gasteiger partial charge in [-0.05, 0) is 38.8 Å². The van der Waals surface area contributed by atoms with Gasteiger partial charge in [-0.2, -0.15) is 0 Å². The average Bonchev–Trinajstić information content (AvgIpc) is 2.24. The monoisotopic (exact) mass is 231 g/mol. The van der Waals surface area contributed by atoms with E-state index in [1.165, 1.54) is 16.7 Å². The van der Waals surface area contributed by atoms with E-state index in [9.17, 15) is 0 Å². The maximum Gasteiger partial charge on any atom is 0.00105 e. The topological polar surface area (TPSA) is 12.0 Å². The Morgan fingerprint density at radius 1 is 1.35 bits per heavy atom. The summed E-state index contributed by atoms with van der Waals surface area (Å²) in [6.07, 6.45) is 4.54. The summed E-state index contributed by atoms with van der Waals surface area (Å²) in [4.78, 5) is 0. The van der Waals surface area contributed by atoms with Gasteiger partial charge >= 0.3 is 0 Å². The molecular formula is C16H25N. The number of benzene rings is 1. The highest BCUT2D eigenvalue weighted by Gasteiger charge is 1.95. The summed E-state index contributed by atoms with van der Waals surface area (Å²) in [7, 11) is 0. The molecule has 1 N–H and O–H groups in total. The molecule has 0 aliphatic heterocycles. The zero-order valence-electron chi connectivity index (χ0n) is 11.6. The summed E-state index contributed by atoms with van der Waals surface area (Å²) >= 11 is 0. The fourth-order valence-corrected chi connectivity index (χ4v) is 1.91. The molecule has 0 bridgehead atoms. The third-order valence-corrected chi connectivity index (χ3v) is 2.76. The Balaban J connectivity index is 2.38. The first kappa shape index (κ1) is 14.0. The standard InChI is InChI=1S/C16H25N/c1-13(2)17-10-6-8-15(4)12-16-9-5-7-14(3)11-16/h5,7-9,11,13,17H,6,10,12H2,1-4H3. The molecule has 0 atom stereocenters. The van der Waals surface area contributed by atoms with Gasteiger partial charge in [0.05, 0.1) is 0 Å². The summed E-state index contributed by atoms with van der Waals surface area (Å²) in [5.74, 6) is 0. The van der Waals surface area contributed by atoms with Crippen molar-refractivity contribution in [3.8, 4) is 0 Å². The fraction of sp³-hybridized carbons (Fsp3) is 0.500. The van der Waals surface area contributed by atoms with Crippen molar-refractivity contribution in [2.24, 2.45) is 0 Å². The molecule has 0 aliphatic carbocycles. The molecule has 0 saturated heterocycles. The lowest BCUT2D eigenvalue weighted by molar-refractivity contribution is 0.594. The SMILES string of the molecule is CC(=CCCNC(C)C)Cc1cccc(C)c1. The van der Waals surface area contributed by atoms with E-state index in [1.807, 2.05) is 0 Å². The van der Waals surface area contributed by atoms with Crippen molar-refractivity contribution in [1.82, 2.24) is 5.32 Å². The van der Waals surface area contributed by atoms with Crippen LogP contribution >= 0.6 is 0 Å². The number of hydrogen-bond acceptors (Lipinski definition) is 1. The molecule has 0 radical (unpaired) electrons. The van der Waals surface area contributed by atoms with Crippen molar-refractivity contribution in [2.45, 2.75) is 46.6 Å². The number of aryl methyl sites for hydroxylation is 1. The van der Waals surface area contributed by atoms with Gasteiger partial charge in [0.2, 0.25) is 0 Å². The van der Waals surface area contributed by atoms with Gasteiger partial charge in [0.25, 0.3) is 0 Å². The Kier molecular flexibility index (Phi) is 5.99. The second-order valence-corrected chi connectivity index (χ2v) is 5.11. The molecule has 0 saturated carbocycles. The summed E-state index contributed by atoms with van der Waals surface area (Å²) in [5.41, 5.74) is 4.22. The second-order valence-electron chi connectivity index (χ2n) is 5.11. The Hall–Kier alpha value is -1.08. The lowest BCUT2D eigenvalue weighted by atomic mass is 10.0. The fourth-order valence-electron chi connectivity index (χ4n) is 1.91.